The van der Waals surface area contributed by atoms with Crippen molar-refractivity contribution in [1.29, 1.82) is 5.26 Å². The molecule has 0 radical (unpaired) electrons. The second-order valence-corrected chi connectivity index (χ2v) is 7.33. The highest BCUT2D eigenvalue weighted by Crippen LogP contribution is 2.25. The SMILES string of the molecule is Cc1nn(-c2ccccc2)c(C)c1/C=C(\C#N)C(=O)OCC(=O)Nc1cccc([N+](=O)[O-])c1C. The molecule has 0 aliphatic carbocycles. The first-order valence-electron chi connectivity index (χ1n) is 10.2. The van der Waals surface area contributed by atoms with Crippen LogP contribution in [0.15, 0.2) is 54.1 Å². The average molecular weight is 459 g/mol. The molecule has 2 aromatic carbocycles. The zero-order valence-electron chi connectivity index (χ0n) is 18.7. The highest BCUT2D eigenvalue weighted by atomic mass is 16.6. The van der Waals surface area contributed by atoms with Crippen molar-refractivity contribution in [2.24, 2.45) is 0 Å². The number of nitrogens with one attached hydrogen (secondary N) is 1. The van der Waals surface area contributed by atoms with E-state index in [-0.39, 0.29) is 22.5 Å². The highest BCUT2D eigenvalue weighted by molar-refractivity contribution is 6.00. The van der Waals surface area contributed by atoms with Crippen molar-refractivity contribution in [2.45, 2.75) is 20.8 Å². The zero-order chi connectivity index (χ0) is 24.8. The maximum Gasteiger partial charge on any atom is 0.349 e. The number of amides is 1. The second-order valence-electron chi connectivity index (χ2n) is 7.33. The summed E-state index contributed by atoms with van der Waals surface area (Å²) in [4.78, 5) is 35.1. The third-order valence-corrected chi connectivity index (χ3v) is 5.09. The third kappa shape index (κ3) is 5.16. The van der Waals surface area contributed by atoms with Crippen LogP contribution in [0.5, 0.6) is 0 Å². The van der Waals surface area contributed by atoms with Gasteiger partial charge >= 0.3 is 5.97 Å². The van der Waals surface area contributed by atoms with Gasteiger partial charge in [0.05, 0.1) is 27.6 Å². The van der Waals surface area contributed by atoms with Crippen molar-refractivity contribution in [3.8, 4) is 11.8 Å². The van der Waals surface area contributed by atoms with Gasteiger partial charge in [0.1, 0.15) is 11.6 Å². The van der Waals surface area contributed by atoms with Gasteiger partial charge in [0.15, 0.2) is 6.61 Å². The third-order valence-electron chi connectivity index (χ3n) is 5.09. The number of nitro groups is 1. The van der Waals surface area contributed by atoms with E-state index in [4.69, 9.17) is 4.74 Å². The van der Waals surface area contributed by atoms with E-state index in [0.717, 1.165) is 11.4 Å². The first-order chi connectivity index (χ1) is 16.2. The fraction of sp³-hybridized carbons (Fsp3) is 0.167. The van der Waals surface area contributed by atoms with Crippen LogP contribution >= 0.6 is 0 Å². The number of anilines is 1. The number of hydrogen-bond acceptors (Lipinski definition) is 7. The maximum atomic E-state index is 12.4. The number of nitrogens with zero attached hydrogens (tertiary/aromatic N) is 4. The Morgan fingerprint density at radius 3 is 2.53 bits per heavy atom. The number of para-hydroxylation sites is 1. The van der Waals surface area contributed by atoms with Gasteiger partial charge in [-0.15, -0.1) is 0 Å². The van der Waals surface area contributed by atoms with Crippen LogP contribution in [-0.2, 0) is 14.3 Å². The molecule has 1 amide bonds. The van der Waals surface area contributed by atoms with Gasteiger partial charge in [0.25, 0.3) is 11.6 Å². The van der Waals surface area contributed by atoms with Crippen molar-refractivity contribution < 1.29 is 19.2 Å². The van der Waals surface area contributed by atoms with Crippen LogP contribution in [0.4, 0.5) is 11.4 Å². The van der Waals surface area contributed by atoms with Gasteiger partial charge in [0, 0.05) is 17.3 Å². The smallest absolute Gasteiger partial charge is 0.349 e. The lowest BCUT2D eigenvalue weighted by atomic mass is 10.1. The number of carbonyl (C=O) groups excluding carboxylic acids is 2. The molecule has 0 saturated carbocycles. The van der Waals surface area contributed by atoms with Gasteiger partial charge in [0.2, 0.25) is 0 Å². The number of aryl methyl sites for hydroxylation is 1. The minimum Gasteiger partial charge on any atom is -0.451 e. The maximum absolute atomic E-state index is 12.4. The molecule has 0 bridgehead atoms. The van der Waals surface area contributed by atoms with E-state index in [1.165, 1.54) is 31.2 Å². The fourth-order valence-corrected chi connectivity index (χ4v) is 3.32. The summed E-state index contributed by atoms with van der Waals surface area (Å²) in [6.07, 6.45) is 1.38. The van der Waals surface area contributed by atoms with Crippen LogP contribution in [-0.4, -0.2) is 33.2 Å². The Morgan fingerprint density at radius 1 is 1.18 bits per heavy atom. The molecule has 1 N–H and O–H groups in total. The molecule has 0 unspecified atom stereocenters. The number of benzene rings is 2. The van der Waals surface area contributed by atoms with E-state index >= 15 is 0 Å². The van der Waals surface area contributed by atoms with Gasteiger partial charge < -0.3 is 10.1 Å². The van der Waals surface area contributed by atoms with Gasteiger partial charge in [-0.05, 0) is 45.0 Å². The quantitative estimate of drug-likeness (QED) is 0.186. The van der Waals surface area contributed by atoms with Gasteiger partial charge in [-0.2, -0.15) is 10.4 Å². The van der Waals surface area contributed by atoms with E-state index in [1.54, 1.807) is 17.7 Å². The van der Waals surface area contributed by atoms with Crippen LogP contribution in [0.1, 0.15) is 22.5 Å². The molecule has 1 aromatic heterocycles. The van der Waals surface area contributed by atoms with Crippen molar-refractivity contribution in [3.63, 3.8) is 0 Å². The lowest BCUT2D eigenvalue weighted by Crippen LogP contribution is -2.22. The minimum absolute atomic E-state index is 0.147. The first kappa shape index (κ1) is 23.9. The molecule has 172 valence electrons. The van der Waals surface area contributed by atoms with E-state index in [9.17, 15) is 25.0 Å². The molecule has 1 heterocycles. The monoisotopic (exact) mass is 459 g/mol. The first-order valence-corrected chi connectivity index (χ1v) is 10.2. The molecule has 10 nitrogen and oxygen atoms in total. The molecule has 3 rings (SSSR count). The van der Waals surface area contributed by atoms with E-state index in [1.807, 2.05) is 37.3 Å². The summed E-state index contributed by atoms with van der Waals surface area (Å²) in [7, 11) is 0. The van der Waals surface area contributed by atoms with Crippen molar-refractivity contribution in [1.82, 2.24) is 9.78 Å². The summed E-state index contributed by atoms with van der Waals surface area (Å²) in [5, 5.41) is 27.5. The van der Waals surface area contributed by atoms with Gasteiger partial charge in [-0.3, -0.25) is 14.9 Å². The molecule has 3 aromatic rings. The molecule has 0 aliphatic rings. The Labute approximate surface area is 195 Å². The van der Waals surface area contributed by atoms with Crippen LogP contribution in [0.3, 0.4) is 0 Å². The Balaban J connectivity index is 1.72. The Morgan fingerprint density at radius 2 is 1.88 bits per heavy atom. The Kier molecular flexibility index (Phi) is 7.18. The normalized spacial score (nSPS) is 10.9. The topological polar surface area (TPSA) is 140 Å². The van der Waals surface area contributed by atoms with Crippen molar-refractivity contribution in [2.75, 3.05) is 11.9 Å². The number of nitro benzene ring substituents is 1. The number of esters is 1. The summed E-state index contributed by atoms with van der Waals surface area (Å²) in [6.45, 7) is 4.40. The molecule has 0 aliphatic heterocycles. The number of ether oxygens (including phenoxy) is 1. The van der Waals surface area contributed by atoms with Crippen LogP contribution in [0.25, 0.3) is 11.8 Å². The minimum atomic E-state index is -0.973. The number of rotatable bonds is 7. The lowest BCUT2D eigenvalue weighted by molar-refractivity contribution is -0.385. The summed E-state index contributed by atoms with van der Waals surface area (Å²) < 4.78 is 6.69. The molecular weight excluding hydrogens is 438 g/mol. The predicted octanol–water partition coefficient (Wildman–Crippen LogP) is 3.79. The predicted molar refractivity (Wildman–Crippen MR) is 124 cm³/mol. The molecular formula is C24H21N5O5. The Bertz CT molecular complexity index is 1340. The number of hydrogen-bond donors (Lipinski definition) is 1. The van der Waals surface area contributed by atoms with Crippen molar-refractivity contribution in [3.05, 3.63) is 86.7 Å². The van der Waals surface area contributed by atoms with E-state index in [2.05, 4.69) is 10.4 Å². The van der Waals surface area contributed by atoms with Gasteiger partial charge in [-0.1, -0.05) is 24.3 Å². The highest BCUT2D eigenvalue weighted by Gasteiger charge is 2.19. The summed E-state index contributed by atoms with van der Waals surface area (Å²) >= 11 is 0. The zero-order valence-corrected chi connectivity index (χ0v) is 18.7. The number of nitriles is 1. The van der Waals surface area contributed by atoms with Crippen LogP contribution in [0, 0.1) is 42.2 Å². The summed E-state index contributed by atoms with van der Waals surface area (Å²) in [5.74, 6) is -1.67. The Hall–Kier alpha value is -4.78. The molecule has 0 spiro atoms. The summed E-state index contributed by atoms with van der Waals surface area (Å²) in [6, 6.07) is 15.5. The largest absolute Gasteiger partial charge is 0.451 e. The van der Waals surface area contributed by atoms with Crippen molar-refractivity contribution >= 4 is 29.3 Å². The molecule has 0 fully saturated rings. The molecule has 10 heteroatoms. The molecule has 0 saturated heterocycles. The summed E-state index contributed by atoms with van der Waals surface area (Å²) in [5.41, 5.74) is 2.82. The molecule has 0 atom stereocenters. The van der Waals surface area contributed by atoms with Gasteiger partial charge in [-0.25, -0.2) is 9.48 Å². The number of aromatic nitrogens is 2. The molecule has 34 heavy (non-hydrogen) atoms. The lowest BCUT2D eigenvalue weighted by Gasteiger charge is -2.09. The van der Waals surface area contributed by atoms with E-state index < -0.39 is 23.4 Å². The van der Waals surface area contributed by atoms with Crippen LogP contribution < -0.4 is 5.32 Å². The average Bonchev–Trinajstić information content (AvgIpc) is 3.10. The van der Waals surface area contributed by atoms with Crippen LogP contribution in [0.2, 0.25) is 0 Å². The fourth-order valence-electron chi connectivity index (χ4n) is 3.32. The second kappa shape index (κ2) is 10.2. The van der Waals surface area contributed by atoms with E-state index in [0.29, 0.717) is 11.3 Å². The standard InChI is InChI=1S/C24H21N5O5/c1-15-21(10-7-11-22(15)29(32)33)26-23(30)14-34-24(31)18(13-25)12-20-16(2)27-28(17(20)3)19-8-5-4-6-9-19/h4-12H,14H2,1-3H3,(H,26,30)/b18-12+. The number of carbonyl (C=O) groups is 2.